The van der Waals surface area contributed by atoms with Crippen molar-refractivity contribution in [2.24, 2.45) is 0 Å². The predicted octanol–water partition coefficient (Wildman–Crippen LogP) is 15.1. The van der Waals surface area contributed by atoms with Crippen LogP contribution in [-0.2, 0) is 5.41 Å². The van der Waals surface area contributed by atoms with Crippen LogP contribution in [0.1, 0.15) is 44.9 Å². The summed E-state index contributed by atoms with van der Waals surface area (Å²) in [6, 6.07) is 83.7. The van der Waals surface area contributed by atoms with Crippen LogP contribution in [0.5, 0.6) is 0 Å². The van der Waals surface area contributed by atoms with Crippen LogP contribution in [0.2, 0.25) is 0 Å². The molecular weight excluding hydrogens is 723 g/mol. The van der Waals surface area contributed by atoms with E-state index in [1.807, 2.05) is 0 Å². The molecule has 10 aromatic carbocycles. The molecule has 1 spiro atoms. The van der Waals surface area contributed by atoms with Crippen molar-refractivity contribution in [3.05, 3.63) is 263 Å². The Balaban J connectivity index is 0.00000201. The average Bonchev–Trinajstić information content (AvgIpc) is 3.80. The Morgan fingerprint density at radius 3 is 1.37 bits per heavy atom. The summed E-state index contributed by atoms with van der Waals surface area (Å²) in [4.78, 5) is 0. The van der Waals surface area contributed by atoms with E-state index in [9.17, 15) is 0 Å². The fourth-order valence-electron chi connectivity index (χ4n) is 10.5. The van der Waals surface area contributed by atoms with Gasteiger partial charge in [0, 0.05) is 5.92 Å². The summed E-state index contributed by atoms with van der Waals surface area (Å²) in [5.41, 5.74) is 19.0. The summed E-state index contributed by atoms with van der Waals surface area (Å²) in [5.74, 6) is 0.0898. The minimum atomic E-state index is -0.374. The molecule has 12 rings (SSSR count). The van der Waals surface area contributed by atoms with Crippen molar-refractivity contribution in [3.8, 4) is 44.5 Å². The molecule has 1 nitrogen and oxygen atoms in total. The SMILES string of the molecule is C=N.c1ccc(-c2cccc(C(c3ccccc3)c3cccc(-c4cccc(-c5ccc6c(c5)C5(c7ccccc7-6)c6cccc7ccc8cccc5c8c67)c4)c3)c2)cc1. The third kappa shape index (κ3) is 5.36. The second-order valence-electron chi connectivity index (χ2n) is 16.0. The van der Waals surface area contributed by atoms with E-state index < -0.39 is 0 Å². The van der Waals surface area contributed by atoms with Crippen LogP contribution >= 0.6 is 0 Å². The fraction of sp³-hybridized carbons (Fsp3) is 0.0339. The van der Waals surface area contributed by atoms with E-state index in [4.69, 9.17) is 5.41 Å². The highest BCUT2D eigenvalue weighted by atomic mass is 14.5. The summed E-state index contributed by atoms with van der Waals surface area (Å²) in [6.45, 7) is 2.50. The van der Waals surface area contributed by atoms with Gasteiger partial charge in [0.1, 0.15) is 0 Å². The topological polar surface area (TPSA) is 23.9 Å². The third-order valence-corrected chi connectivity index (χ3v) is 12.9. The van der Waals surface area contributed by atoms with Crippen LogP contribution in [0.4, 0.5) is 0 Å². The standard InChI is InChI=1S/C58H38.CH3N/c1-3-14-38(15-4-1)42-20-10-24-47(35-42)55(39-16-5-2-6-17-39)48-25-11-23-45(36-48)43-21-9-22-44(34-43)46-32-33-50-49-26-7-8-27-51(49)58(54(50)37-46)52-28-12-18-40-30-31-41-19-13-29-53(58)57(41)56(40)52;1-2/h1-37,55H;2H,1H2. The lowest BCUT2D eigenvalue weighted by molar-refractivity contribution is 0.797. The summed E-state index contributed by atoms with van der Waals surface area (Å²) in [5, 5.41) is 10.9. The molecule has 0 saturated heterocycles. The number of benzene rings is 10. The maximum Gasteiger partial charge on any atom is 0.0726 e. The number of fused-ring (bicyclic) bond motifs is 7. The van der Waals surface area contributed by atoms with Gasteiger partial charge in [0.25, 0.3) is 0 Å². The van der Waals surface area contributed by atoms with Crippen LogP contribution in [0.3, 0.4) is 0 Å². The highest BCUT2D eigenvalue weighted by Crippen LogP contribution is 2.62. The molecule has 282 valence electrons. The fourth-order valence-corrected chi connectivity index (χ4v) is 10.5. The Kier molecular flexibility index (Phi) is 8.50. The van der Waals surface area contributed by atoms with E-state index in [-0.39, 0.29) is 11.3 Å². The zero-order valence-corrected chi connectivity index (χ0v) is 33.1. The van der Waals surface area contributed by atoms with E-state index in [0.29, 0.717) is 0 Å². The van der Waals surface area contributed by atoms with Crippen molar-refractivity contribution >= 4 is 28.3 Å². The zero-order valence-electron chi connectivity index (χ0n) is 33.1. The van der Waals surface area contributed by atoms with Gasteiger partial charge in [0.15, 0.2) is 0 Å². The molecule has 60 heavy (non-hydrogen) atoms. The molecule has 2 aliphatic rings. The largest absolute Gasteiger partial charge is 0.317 e. The quantitative estimate of drug-likeness (QED) is 0.0991. The zero-order chi connectivity index (χ0) is 40.2. The minimum absolute atomic E-state index is 0.0898. The van der Waals surface area contributed by atoms with E-state index in [2.05, 4.69) is 231 Å². The number of rotatable bonds is 6. The molecule has 0 bridgehead atoms. The van der Waals surface area contributed by atoms with Gasteiger partial charge in [-0.25, -0.2) is 0 Å². The molecule has 1 heteroatoms. The summed E-state index contributed by atoms with van der Waals surface area (Å²) in [7, 11) is 0. The second kappa shape index (κ2) is 14.3. The smallest absolute Gasteiger partial charge is 0.0726 e. The summed E-state index contributed by atoms with van der Waals surface area (Å²) >= 11 is 0. The predicted molar refractivity (Wildman–Crippen MR) is 252 cm³/mol. The van der Waals surface area contributed by atoms with Gasteiger partial charge >= 0.3 is 0 Å². The van der Waals surface area contributed by atoms with Gasteiger partial charge in [0.05, 0.1) is 5.41 Å². The van der Waals surface area contributed by atoms with Crippen LogP contribution in [0, 0.1) is 5.41 Å². The Hall–Kier alpha value is -7.61. The molecule has 0 aliphatic heterocycles. The lowest BCUT2D eigenvalue weighted by atomic mass is 9.70. The molecule has 0 saturated carbocycles. The molecule has 1 N–H and O–H groups in total. The summed E-state index contributed by atoms with van der Waals surface area (Å²) in [6.07, 6.45) is 0. The van der Waals surface area contributed by atoms with Gasteiger partial charge in [-0.3, -0.25) is 0 Å². The maximum absolute atomic E-state index is 5.50. The monoisotopic (exact) mass is 763 g/mol. The summed E-state index contributed by atoms with van der Waals surface area (Å²) < 4.78 is 0. The Bertz CT molecular complexity index is 3190. The van der Waals surface area contributed by atoms with Gasteiger partial charge in [-0.2, -0.15) is 0 Å². The number of hydrogen-bond acceptors (Lipinski definition) is 1. The molecule has 0 radical (unpaired) electrons. The first-order valence-electron chi connectivity index (χ1n) is 20.7. The molecule has 10 aromatic rings. The lowest BCUT2D eigenvalue weighted by Crippen LogP contribution is -2.26. The molecule has 0 heterocycles. The molecule has 0 aromatic heterocycles. The van der Waals surface area contributed by atoms with Crippen LogP contribution in [0.15, 0.2) is 224 Å². The first-order chi connectivity index (χ1) is 29.8. The van der Waals surface area contributed by atoms with Crippen molar-refractivity contribution in [1.29, 1.82) is 5.41 Å². The molecule has 1 unspecified atom stereocenters. The minimum Gasteiger partial charge on any atom is -0.317 e. The first-order valence-corrected chi connectivity index (χ1v) is 20.7. The van der Waals surface area contributed by atoms with Crippen molar-refractivity contribution in [3.63, 3.8) is 0 Å². The molecule has 1 atom stereocenters. The highest BCUT2D eigenvalue weighted by molar-refractivity contribution is 6.17. The van der Waals surface area contributed by atoms with Crippen LogP contribution in [-0.4, -0.2) is 6.72 Å². The normalized spacial score (nSPS) is 13.2. The van der Waals surface area contributed by atoms with Crippen molar-refractivity contribution in [1.82, 2.24) is 0 Å². The Morgan fingerprint density at radius 2 is 0.733 bits per heavy atom. The van der Waals surface area contributed by atoms with E-state index in [1.165, 1.54) is 105 Å². The second-order valence-corrected chi connectivity index (χ2v) is 16.0. The third-order valence-electron chi connectivity index (χ3n) is 12.9. The first kappa shape index (κ1) is 35.5. The van der Waals surface area contributed by atoms with Gasteiger partial charge in [-0.1, -0.05) is 212 Å². The Labute approximate surface area is 351 Å². The van der Waals surface area contributed by atoms with E-state index >= 15 is 0 Å². The van der Waals surface area contributed by atoms with Gasteiger partial charge < -0.3 is 5.41 Å². The molecule has 0 amide bonds. The highest BCUT2D eigenvalue weighted by Gasteiger charge is 2.50. The molecule has 0 fully saturated rings. The van der Waals surface area contributed by atoms with Gasteiger partial charge in [0.2, 0.25) is 0 Å². The van der Waals surface area contributed by atoms with Crippen molar-refractivity contribution in [2.75, 3.05) is 0 Å². The maximum atomic E-state index is 5.50. The number of hydrogen-bond donors (Lipinski definition) is 1. The molecular formula is C59H41N. The number of nitrogens with one attached hydrogen (secondary N) is 1. The Morgan fingerprint density at radius 1 is 0.300 bits per heavy atom. The van der Waals surface area contributed by atoms with Crippen molar-refractivity contribution in [2.45, 2.75) is 11.3 Å². The van der Waals surface area contributed by atoms with Gasteiger partial charge in [-0.15, -0.1) is 0 Å². The van der Waals surface area contributed by atoms with Crippen LogP contribution < -0.4 is 0 Å². The van der Waals surface area contributed by atoms with Gasteiger partial charge in [-0.05, 0) is 124 Å². The molecule has 2 aliphatic carbocycles. The van der Waals surface area contributed by atoms with Crippen LogP contribution in [0.25, 0.3) is 66.1 Å². The van der Waals surface area contributed by atoms with E-state index in [1.54, 1.807) is 0 Å². The van der Waals surface area contributed by atoms with Crippen molar-refractivity contribution < 1.29 is 0 Å². The average molecular weight is 764 g/mol. The lowest BCUT2D eigenvalue weighted by Gasteiger charge is -2.31. The van der Waals surface area contributed by atoms with E-state index in [0.717, 1.165) is 0 Å².